The van der Waals surface area contributed by atoms with E-state index in [1.165, 1.54) is 0 Å². The summed E-state index contributed by atoms with van der Waals surface area (Å²) in [5.74, 6) is 1.38. The predicted molar refractivity (Wildman–Crippen MR) is 114 cm³/mol. The second kappa shape index (κ2) is 6.80. The number of nitrogens with zero attached hydrogens (tertiary/aromatic N) is 1. The molecule has 0 saturated heterocycles. The van der Waals surface area contributed by atoms with Crippen molar-refractivity contribution >= 4 is 5.90 Å². The molecule has 2 aliphatic rings. The van der Waals surface area contributed by atoms with Gasteiger partial charge in [-0.15, -0.1) is 0 Å². The third kappa shape index (κ3) is 3.16. The van der Waals surface area contributed by atoms with Gasteiger partial charge in [0.1, 0.15) is 5.75 Å². The maximum Gasteiger partial charge on any atom is 0.307 e. The summed E-state index contributed by atoms with van der Waals surface area (Å²) in [7, 11) is 0. The fraction of sp³-hybridized carbons (Fsp3) is 0.240. The molecule has 0 spiro atoms. The second-order valence-electron chi connectivity index (χ2n) is 8.34. The van der Waals surface area contributed by atoms with Crippen LogP contribution in [0.2, 0.25) is 0 Å². The summed E-state index contributed by atoms with van der Waals surface area (Å²) >= 11 is 0. The molecule has 5 nitrogen and oxygen atoms in total. The predicted octanol–water partition coefficient (Wildman–Crippen LogP) is 5.27. The van der Waals surface area contributed by atoms with E-state index in [2.05, 4.69) is 0 Å². The van der Waals surface area contributed by atoms with Gasteiger partial charge in [-0.2, -0.15) is 0 Å². The third-order valence-electron chi connectivity index (χ3n) is 4.93. The zero-order valence-electron chi connectivity index (χ0n) is 17.2. The molecule has 0 N–H and O–H groups in total. The van der Waals surface area contributed by atoms with E-state index in [4.69, 9.17) is 23.9 Å². The molecule has 3 aromatic carbocycles. The van der Waals surface area contributed by atoms with Gasteiger partial charge in [-0.25, -0.2) is 4.99 Å². The standard InChI is InChI=1S/C25H23NO4/c1-24(2,3)26-23-19-14-21-22(28-16-27-21)15-20(19)25(30-23,17-10-6-4-7-11-17)29-18-12-8-5-9-13-18/h4-15H,16H2,1-3H3. The summed E-state index contributed by atoms with van der Waals surface area (Å²) in [6.07, 6.45) is 0. The van der Waals surface area contributed by atoms with E-state index >= 15 is 0 Å². The molecule has 0 saturated carbocycles. The van der Waals surface area contributed by atoms with Crippen LogP contribution in [-0.4, -0.2) is 18.2 Å². The maximum absolute atomic E-state index is 6.58. The molecule has 0 fully saturated rings. The van der Waals surface area contributed by atoms with Crippen molar-refractivity contribution in [3.63, 3.8) is 0 Å². The van der Waals surface area contributed by atoms with Gasteiger partial charge in [0.2, 0.25) is 12.7 Å². The van der Waals surface area contributed by atoms with Gasteiger partial charge in [0.05, 0.1) is 16.7 Å². The molecule has 5 rings (SSSR count). The Labute approximate surface area is 175 Å². The van der Waals surface area contributed by atoms with Crippen molar-refractivity contribution in [2.45, 2.75) is 32.1 Å². The quantitative estimate of drug-likeness (QED) is 0.600. The van der Waals surface area contributed by atoms with Crippen molar-refractivity contribution in [2.24, 2.45) is 4.99 Å². The topological polar surface area (TPSA) is 49.3 Å². The fourth-order valence-corrected chi connectivity index (χ4v) is 3.69. The number of para-hydroxylation sites is 1. The molecule has 1 atom stereocenters. The molecular formula is C25H23NO4. The summed E-state index contributed by atoms with van der Waals surface area (Å²) in [4.78, 5) is 4.86. The van der Waals surface area contributed by atoms with Crippen molar-refractivity contribution in [1.82, 2.24) is 0 Å². The lowest BCUT2D eigenvalue weighted by molar-refractivity contribution is -0.0851. The number of aliphatic imine (C=N–C) groups is 1. The van der Waals surface area contributed by atoms with Gasteiger partial charge in [0.15, 0.2) is 11.5 Å². The van der Waals surface area contributed by atoms with Gasteiger partial charge in [-0.1, -0.05) is 48.5 Å². The van der Waals surface area contributed by atoms with Gasteiger partial charge in [-0.3, -0.25) is 0 Å². The van der Waals surface area contributed by atoms with E-state index in [-0.39, 0.29) is 12.3 Å². The summed E-state index contributed by atoms with van der Waals surface area (Å²) in [5.41, 5.74) is 2.22. The van der Waals surface area contributed by atoms with Crippen molar-refractivity contribution in [3.05, 3.63) is 89.5 Å². The molecule has 30 heavy (non-hydrogen) atoms. The van der Waals surface area contributed by atoms with E-state index in [1.807, 2.05) is 93.6 Å². The van der Waals surface area contributed by atoms with Gasteiger partial charge >= 0.3 is 5.79 Å². The Balaban J connectivity index is 1.76. The summed E-state index contributed by atoms with van der Waals surface area (Å²) in [6, 6.07) is 23.4. The van der Waals surface area contributed by atoms with E-state index < -0.39 is 5.79 Å². The van der Waals surface area contributed by atoms with Crippen LogP contribution >= 0.6 is 0 Å². The number of hydrogen-bond donors (Lipinski definition) is 0. The monoisotopic (exact) mass is 401 g/mol. The molecule has 0 bridgehead atoms. The van der Waals surface area contributed by atoms with E-state index in [0.717, 1.165) is 16.7 Å². The van der Waals surface area contributed by atoms with Gasteiger partial charge in [0, 0.05) is 5.56 Å². The molecule has 2 aliphatic heterocycles. The highest BCUT2D eigenvalue weighted by atomic mass is 16.7. The Hall–Kier alpha value is -3.47. The minimum absolute atomic E-state index is 0.197. The average molecular weight is 401 g/mol. The highest BCUT2D eigenvalue weighted by Crippen LogP contribution is 2.48. The Morgan fingerprint density at radius 1 is 0.867 bits per heavy atom. The van der Waals surface area contributed by atoms with Crippen molar-refractivity contribution in [3.8, 4) is 17.2 Å². The first-order chi connectivity index (χ1) is 14.4. The average Bonchev–Trinajstić information content (AvgIpc) is 3.30. The summed E-state index contributed by atoms with van der Waals surface area (Å²) in [5, 5.41) is 0. The lowest BCUT2D eigenvalue weighted by Crippen LogP contribution is -2.35. The molecule has 1 unspecified atom stereocenters. The minimum atomic E-state index is -1.19. The van der Waals surface area contributed by atoms with Crippen LogP contribution in [0.4, 0.5) is 0 Å². The molecule has 0 aliphatic carbocycles. The number of rotatable bonds is 3. The van der Waals surface area contributed by atoms with Crippen molar-refractivity contribution in [1.29, 1.82) is 0 Å². The number of hydrogen-bond acceptors (Lipinski definition) is 5. The first-order valence-electron chi connectivity index (χ1n) is 9.98. The van der Waals surface area contributed by atoms with E-state index in [0.29, 0.717) is 23.1 Å². The fourth-order valence-electron chi connectivity index (χ4n) is 3.69. The van der Waals surface area contributed by atoms with Gasteiger partial charge < -0.3 is 18.9 Å². The molecule has 5 heteroatoms. The maximum atomic E-state index is 6.58. The zero-order chi connectivity index (χ0) is 20.8. The first kappa shape index (κ1) is 18.6. The molecule has 2 heterocycles. The molecule has 3 aromatic rings. The smallest absolute Gasteiger partial charge is 0.307 e. The van der Waals surface area contributed by atoms with Crippen LogP contribution in [0.25, 0.3) is 0 Å². The van der Waals surface area contributed by atoms with E-state index in [9.17, 15) is 0 Å². The van der Waals surface area contributed by atoms with Crippen LogP contribution < -0.4 is 14.2 Å². The van der Waals surface area contributed by atoms with Gasteiger partial charge in [-0.05, 0) is 45.0 Å². The molecule has 0 aromatic heterocycles. The number of fused-ring (bicyclic) bond motifs is 2. The molecule has 0 radical (unpaired) electrons. The highest BCUT2D eigenvalue weighted by Gasteiger charge is 2.50. The second-order valence-corrected chi connectivity index (χ2v) is 8.34. The van der Waals surface area contributed by atoms with Crippen LogP contribution in [0.15, 0.2) is 77.8 Å². The first-order valence-corrected chi connectivity index (χ1v) is 9.98. The van der Waals surface area contributed by atoms with Crippen LogP contribution in [-0.2, 0) is 10.5 Å². The number of benzene rings is 3. The zero-order valence-corrected chi connectivity index (χ0v) is 17.2. The minimum Gasteiger partial charge on any atom is -0.454 e. The van der Waals surface area contributed by atoms with Crippen LogP contribution in [0.1, 0.15) is 37.5 Å². The lowest BCUT2D eigenvalue weighted by atomic mass is 9.94. The normalized spacial score (nSPS) is 20.7. The largest absolute Gasteiger partial charge is 0.454 e. The van der Waals surface area contributed by atoms with Crippen LogP contribution in [0, 0.1) is 0 Å². The Morgan fingerprint density at radius 2 is 1.50 bits per heavy atom. The number of ether oxygens (including phenoxy) is 4. The van der Waals surface area contributed by atoms with Gasteiger partial charge in [0.25, 0.3) is 0 Å². The highest BCUT2D eigenvalue weighted by molar-refractivity contribution is 6.00. The molecule has 152 valence electrons. The SMILES string of the molecule is CC(C)(C)N=C1OC(Oc2ccccc2)(c2ccccc2)c2cc3c(cc21)OCO3. The van der Waals surface area contributed by atoms with E-state index in [1.54, 1.807) is 0 Å². The summed E-state index contributed by atoms with van der Waals surface area (Å²) in [6.45, 7) is 6.31. The third-order valence-corrected chi connectivity index (χ3v) is 4.93. The summed E-state index contributed by atoms with van der Waals surface area (Å²) < 4.78 is 24.4. The Morgan fingerprint density at radius 3 is 2.17 bits per heavy atom. The Bertz CT molecular complexity index is 1100. The molecule has 0 amide bonds. The lowest BCUT2D eigenvalue weighted by Gasteiger charge is -2.31. The molecular weight excluding hydrogens is 378 g/mol. The van der Waals surface area contributed by atoms with Crippen molar-refractivity contribution < 1.29 is 18.9 Å². The Kier molecular flexibility index (Phi) is 4.21. The van der Waals surface area contributed by atoms with Crippen LogP contribution in [0.3, 0.4) is 0 Å². The van der Waals surface area contributed by atoms with Crippen LogP contribution in [0.5, 0.6) is 17.2 Å². The van der Waals surface area contributed by atoms with Crippen molar-refractivity contribution in [2.75, 3.05) is 6.79 Å².